The van der Waals surface area contributed by atoms with Crippen LogP contribution in [0.4, 0.5) is 14.5 Å². The summed E-state index contributed by atoms with van der Waals surface area (Å²) in [7, 11) is 0. The van der Waals surface area contributed by atoms with Crippen LogP contribution < -0.4 is 5.32 Å². The van der Waals surface area contributed by atoms with Crippen molar-refractivity contribution < 1.29 is 23.1 Å². The van der Waals surface area contributed by atoms with Crippen LogP contribution in [0.15, 0.2) is 54.6 Å². The average Bonchev–Trinajstić information content (AvgIpc) is 2.56. The number of nitrogens with one attached hydrogen (secondary N) is 1. The largest absolute Gasteiger partial charge is 0.449 e. The van der Waals surface area contributed by atoms with Crippen LogP contribution in [0, 0.1) is 11.6 Å². The zero-order valence-corrected chi connectivity index (χ0v) is 12.8. The van der Waals surface area contributed by atoms with Crippen LogP contribution in [0.2, 0.25) is 0 Å². The molecular formula is C18H15F2NO3. The van der Waals surface area contributed by atoms with Crippen LogP contribution in [-0.4, -0.2) is 18.0 Å². The van der Waals surface area contributed by atoms with Gasteiger partial charge < -0.3 is 10.1 Å². The molecule has 2 rings (SSSR count). The third kappa shape index (κ3) is 4.74. The summed E-state index contributed by atoms with van der Waals surface area (Å²) in [5.41, 5.74) is 0.213. The number of rotatable bonds is 5. The molecule has 0 spiro atoms. The molecule has 0 aliphatic carbocycles. The number of carbonyl (C=O) groups excluding carboxylic acids is 2. The van der Waals surface area contributed by atoms with Crippen LogP contribution in [-0.2, 0) is 14.3 Å². The zero-order valence-electron chi connectivity index (χ0n) is 12.8. The highest BCUT2D eigenvalue weighted by molar-refractivity contribution is 5.96. The minimum Gasteiger partial charge on any atom is -0.449 e. The fraction of sp³-hybridized carbons (Fsp3) is 0.111. The quantitative estimate of drug-likeness (QED) is 0.673. The van der Waals surface area contributed by atoms with Crippen LogP contribution in [0.25, 0.3) is 6.08 Å². The van der Waals surface area contributed by atoms with E-state index in [1.54, 1.807) is 12.1 Å². The maximum absolute atomic E-state index is 13.5. The van der Waals surface area contributed by atoms with Gasteiger partial charge in [-0.05, 0) is 31.2 Å². The number of esters is 1. The van der Waals surface area contributed by atoms with E-state index in [0.717, 1.165) is 6.08 Å². The molecule has 0 aromatic heterocycles. The highest BCUT2D eigenvalue weighted by atomic mass is 19.1. The van der Waals surface area contributed by atoms with Crippen molar-refractivity contribution in [1.29, 1.82) is 0 Å². The minimum absolute atomic E-state index is 0.00713. The maximum Gasteiger partial charge on any atom is 0.331 e. The molecule has 4 nitrogen and oxygen atoms in total. The fourth-order valence-electron chi connectivity index (χ4n) is 1.83. The number of hydrogen-bond acceptors (Lipinski definition) is 3. The van der Waals surface area contributed by atoms with E-state index in [1.807, 2.05) is 0 Å². The van der Waals surface area contributed by atoms with Gasteiger partial charge in [0.2, 0.25) is 0 Å². The highest BCUT2D eigenvalue weighted by Gasteiger charge is 2.17. The van der Waals surface area contributed by atoms with E-state index in [4.69, 9.17) is 4.74 Å². The summed E-state index contributed by atoms with van der Waals surface area (Å²) in [5, 5.41) is 2.32. The number of anilines is 1. The molecule has 0 fully saturated rings. The molecule has 1 amide bonds. The van der Waals surface area contributed by atoms with Crippen LogP contribution in [0.3, 0.4) is 0 Å². The van der Waals surface area contributed by atoms with Crippen molar-refractivity contribution >= 4 is 23.6 Å². The predicted octanol–water partition coefficient (Wildman–Crippen LogP) is 3.55. The van der Waals surface area contributed by atoms with E-state index in [1.165, 1.54) is 49.4 Å². The van der Waals surface area contributed by atoms with Crippen molar-refractivity contribution in [1.82, 2.24) is 0 Å². The van der Waals surface area contributed by atoms with Gasteiger partial charge in [-0.1, -0.05) is 30.3 Å². The molecule has 0 unspecified atom stereocenters. The number of amides is 1. The molecule has 2 aromatic carbocycles. The summed E-state index contributed by atoms with van der Waals surface area (Å²) in [5.74, 6) is -2.56. The molecule has 6 heteroatoms. The van der Waals surface area contributed by atoms with E-state index in [-0.39, 0.29) is 11.3 Å². The topological polar surface area (TPSA) is 55.4 Å². The SMILES string of the molecule is C[C@@H](OC(=O)/C=C/c1ccccc1F)C(=O)Nc1ccccc1F. The lowest BCUT2D eigenvalue weighted by Crippen LogP contribution is -2.29. The van der Waals surface area contributed by atoms with Gasteiger partial charge in [-0.3, -0.25) is 4.79 Å². The van der Waals surface area contributed by atoms with Gasteiger partial charge in [0, 0.05) is 11.6 Å². The summed E-state index contributed by atoms with van der Waals surface area (Å²) >= 11 is 0. The van der Waals surface area contributed by atoms with E-state index >= 15 is 0 Å². The Kier molecular flexibility index (Phi) is 5.78. The number of benzene rings is 2. The Morgan fingerprint density at radius 3 is 2.33 bits per heavy atom. The lowest BCUT2D eigenvalue weighted by atomic mass is 10.2. The van der Waals surface area contributed by atoms with Crippen LogP contribution in [0.1, 0.15) is 12.5 Å². The minimum atomic E-state index is -1.14. The normalized spacial score (nSPS) is 12.0. The zero-order chi connectivity index (χ0) is 17.5. The molecule has 0 aliphatic rings. The Morgan fingerprint density at radius 2 is 1.67 bits per heavy atom. The molecule has 0 bridgehead atoms. The second kappa shape index (κ2) is 8.01. The third-order valence-corrected chi connectivity index (χ3v) is 3.10. The van der Waals surface area contributed by atoms with Gasteiger partial charge in [-0.2, -0.15) is 0 Å². The van der Waals surface area contributed by atoms with E-state index in [9.17, 15) is 18.4 Å². The van der Waals surface area contributed by atoms with Gasteiger partial charge in [0.25, 0.3) is 5.91 Å². The molecule has 0 saturated carbocycles. The highest BCUT2D eigenvalue weighted by Crippen LogP contribution is 2.13. The number of ether oxygens (including phenoxy) is 1. The van der Waals surface area contributed by atoms with E-state index in [0.29, 0.717) is 0 Å². The first kappa shape index (κ1) is 17.3. The summed E-state index contributed by atoms with van der Waals surface area (Å²) < 4.78 is 31.8. The summed E-state index contributed by atoms with van der Waals surface area (Å²) in [6, 6.07) is 11.5. The van der Waals surface area contributed by atoms with Crippen LogP contribution in [0.5, 0.6) is 0 Å². The van der Waals surface area contributed by atoms with E-state index < -0.39 is 29.6 Å². The molecule has 0 heterocycles. The molecule has 2 aromatic rings. The number of carbonyl (C=O) groups is 2. The van der Waals surface area contributed by atoms with Crippen molar-refractivity contribution in [2.45, 2.75) is 13.0 Å². The van der Waals surface area contributed by atoms with Gasteiger partial charge in [0.05, 0.1) is 5.69 Å². The number of hydrogen-bond donors (Lipinski definition) is 1. The summed E-state index contributed by atoms with van der Waals surface area (Å²) in [6.07, 6.45) is 1.13. The molecule has 0 aliphatic heterocycles. The smallest absolute Gasteiger partial charge is 0.331 e. The molecule has 1 N–H and O–H groups in total. The van der Waals surface area contributed by atoms with Crippen molar-refractivity contribution in [3.05, 3.63) is 71.8 Å². The first-order valence-electron chi connectivity index (χ1n) is 7.16. The second-order valence-corrected chi connectivity index (χ2v) is 4.90. The van der Waals surface area contributed by atoms with E-state index in [2.05, 4.69) is 5.32 Å². The number of halogens is 2. The van der Waals surface area contributed by atoms with Gasteiger partial charge in [-0.15, -0.1) is 0 Å². The molecular weight excluding hydrogens is 316 g/mol. The average molecular weight is 331 g/mol. The predicted molar refractivity (Wildman–Crippen MR) is 86.0 cm³/mol. The second-order valence-electron chi connectivity index (χ2n) is 4.90. The Balaban J connectivity index is 1.92. The van der Waals surface area contributed by atoms with Crippen molar-refractivity contribution in [3.8, 4) is 0 Å². The summed E-state index contributed by atoms with van der Waals surface area (Å²) in [4.78, 5) is 23.6. The Bertz CT molecular complexity index is 774. The molecule has 0 radical (unpaired) electrons. The molecule has 124 valence electrons. The van der Waals surface area contributed by atoms with Gasteiger partial charge in [0.1, 0.15) is 11.6 Å². The Morgan fingerprint density at radius 1 is 1.04 bits per heavy atom. The van der Waals surface area contributed by atoms with Gasteiger partial charge in [0.15, 0.2) is 6.10 Å². The van der Waals surface area contributed by atoms with Crippen LogP contribution >= 0.6 is 0 Å². The fourth-order valence-corrected chi connectivity index (χ4v) is 1.83. The third-order valence-electron chi connectivity index (χ3n) is 3.10. The first-order chi connectivity index (χ1) is 11.5. The number of para-hydroxylation sites is 1. The lowest BCUT2D eigenvalue weighted by Gasteiger charge is -2.12. The molecule has 1 atom stereocenters. The monoisotopic (exact) mass is 331 g/mol. The first-order valence-corrected chi connectivity index (χ1v) is 7.16. The Hall–Kier alpha value is -3.02. The van der Waals surface area contributed by atoms with Gasteiger partial charge >= 0.3 is 5.97 Å². The standard InChI is InChI=1S/C18H15F2NO3/c1-12(18(23)21-16-9-5-4-8-15(16)20)24-17(22)11-10-13-6-2-3-7-14(13)19/h2-12H,1H3,(H,21,23)/b11-10+/t12-/m1/s1. The summed E-state index contributed by atoms with van der Waals surface area (Å²) in [6.45, 7) is 1.35. The van der Waals surface area contributed by atoms with Gasteiger partial charge in [-0.25, -0.2) is 13.6 Å². The molecule has 0 saturated heterocycles. The lowest BCUT2D eigenvalue weighted by molar-refractivity contribution is -0.148. The van der Waals surface area contributed by atoms with Crippen molar-refractivity contribution in [3.63, 3.8) is 0 Å². The molecule has 24 heavy (non-hydrogen) atoms. The maximum atomic E-state index is 13.5. The van der Waals surface area contributed by atoms with Crippen molar-refractivity contribution in [2.75, 3.05) is 5.32 Å². The Labute approximate surface area is 137 Å². The van der Waals surface area contributed by atoms with Crippen molar-refractivity contribution in [2.24, 2.45) is 0 Å².